The number of hydrogen-bond acceptors (Lipinski definition) is 1. The topological polar surface area (TPSA) is 9.23 Å². The number of hydrogen-bond donors (Lipinski definition) is 0. The Labute approximate surface area is 59.9 Å². The number of alkyl halides is 2. The van der Waals surface area contributed by atoms with Crippen molar-refractivity contribution in [2.75, 3.05) is 12.5 Å². The molecule has 49 valence electrons. The van der Waals surface area contributed by atoms with Gasteiger partial charge in [0.25, 0.3) is 0 Å². The van der Waals surface area contributed by atoms with E-state index < -0.39 is 0 Å². The molecule has 0 heterocycles. The van der Waals surface area contributed by atoms with Crippen LogP contribution in [0.2, 0.25) is 0 Å². The third-order valence-corrected chi connectivity index (χ3v) is 1.42. The molecule has 3 heteroatoms. The predicted octanol–water partition coefficient (Wildman–Crippen LogP) is 2.03. The fraction of sp³-hybridized carbons (Fsp3) is 0.800. The van der Waals surface area contributed by atoms with Gasteiger partial charge in [-0.25, -0.2) is 0 Å². The highest BCUT2D eigenvalue weighted by atomic mass is 35.5. The maximum atomic E-state index is 5.57. The summed E-state index contributed by atoms with van der Waals surface area (Å²) in [4.78, 5) is 0. The molecule has 0 aliphatic carbocycles. The Morgan fingerprint density at radius 3 is 2.75 bits per heavy atom. The van der Waals surface area contributed by atoms with Crippen LogP contribution in [0, 0.1) is 6.61 Å². The third-order valence-electron chi connectivity index (χ3n) is 0.611. The minimum atomic E-state index is -0.0622. The van der Waals surface area contributed by atoms with E-state index in [-0.39, 0.29) is 5.38 Å². The van der Waals surface area contributed by atoms with Crippen molar-refractivity contribution in [2.45, 2.75) is 12.3 Å². The van der Waals surface area contributed by atoms with Crippen LogP contribution in [0.4, 0.5) is 0 Å². The first-order chi connectivity index (χ1) is 3.81. The van der Waals surface area contributed by atoms with Crippen molar-refractivity contribution in [1.29, 1.82) is 0 Å². The normalized spacial score (nSPS) is 13.9. The standard InChI is InChI=1S/C5H9Cl2O/c1-2-8-4-5(7)3-6/h2,5H,3-4H2,1H3. The van der Waals surface area contributed by atoms with Gasteiger partial charge in [-0.15, -0.1) is 23.2 Å². The van der Waals surface area contributed by atoms with Crippen LogP contribution in [0.5, 0.6) is 0 Å². The second-order valence-electron chi connectivity index (χ2n) is 1.32. The van der Waals surface area contributed by atoms with Crippen molar-refractivity contribution in [3.8, 4) is 0 Å². The molecule has 0 aromatic rings. The van der Waals surface area contributed by atoms with E-state index in [0.717, 1.165) is 0 Å². The van der Waals surface area contributed by atoms with Gasteiger partial charge >= 0.3 is 0 Å². The molecular weight excluding hydrogens is 147 g/mol. The molecule has 1 unspecified atom stereocenters. The maximum Gasteiger partial charge on any atom is 0.0806 e. The summed E-state index contributed by atoms with van der Waals surface area (Å²) < 4.78 is 4.84. The minimum absolute atomic E-state index is 0.0622. The molecule has 0 fully saturated rings. The van der Waals surface area contributed by atoms with Gasteiger partial charge in [-0.1, -0.05) is 0 Å². The van der Waals surface area contributed by atoms with Gasteiger partial charge in [0.15, 0.2) is 0 Å². The lowest BCUT2D eigenvalue weighted by atomic mass is 10.5. The fourth-order valence-electron chi connectivity index (χ4n) is 0.245. The summed E-state index contributed by atoms with van der Waals surface area (Å²) in [5.74, 6) is 0.440. The molecule has 0 N–H and O–H groups in total. The molecular formula is C5H9Cl2O. The smallest absolute Gasteiger partial charge is 0.0806 e. The molecule has 0 rings (SSSR count). The molecule has 0 aromatic heterocycles. The lowest BCUT2D eigenvalue weighted by molar-refractivity contribution is 0.208. The van der Waals surface area contributed by atoms with Crippen LogP contribution in [-0.4, -0.2) is 17.9 Å². The first-order valence-corrected chi connectivity index (χ1v) is 3.37. The lowest BCUT2D eigenvalue weighted by Crippen LogP contribution is -2.08. The highest BCUT2D eigenvalue weighted by Gasteiger charge is 1.99. The Morgan fingerprint density at radius 1 is 1.75 bits per heavy atom. The zero-order chi connectivity index (χ0) is 6.41. The van der Waals surface area contributed by atoms with Crippen molar-refractivity contribution in [2.24, 2.45) is 0 Å². The van der Waals surface area contributed by atoms with E-state index in [2.05, 4.69) is 0 Å². The van der Waals surface area contributed by atoms with Crippen LogP contribution in [0.25, 0.3) is 0 Å². The summed E-state index contributed by atoms with van der Waals surface area (Å²) in [7, 11) is 0. The predicted molar refractivity (Wildman–Crippen MR) is 36.3 cm³/mol. The Kier molecular flexibility index (Phi) is 6.06. The van der Waals surface area contributed by atoms with E-state index in [1.807, 2.05) is 0 Å². The summed E-state index contributed by atoms with van der Waals surface area (Å²) in [5, 5.41) is -0.0622. The summed E-state index contributed by atoms with van der Waals surface area (Å²) in [6.07, 6.45) is 0. The van der Waals surface area contributed by atoms with E-state index in [1.54, 1.807) is 13.5 Å². The number of halogens is 2. The molecule has 0 aliphatic rings. The van der Waals surface area contributed by atoms with Gasteiger partial charge < -0.3 is 4.74 Å². The van der Waals surface area contributed by atoms with Gasteiger partial charge in [-0.2, -0.15) is 0 Å². The summed E-state index contributed by atoms with van der Waals surface area (Å²) in [6, 6.07) is 0. The summed E-state index contributed by atoms with van der Waals surface area (Å²) >= 11 is 10.9. The minimum Gasteiger partial charge on any atom is -0.374 e. The average Bonchev–Trinajstić information content (AvgIpc) is 1.83. The molecule has 0 aliphatic heterocycles. The van der Waals surface area contributed by atoms with E-state index in [0.29, 0.717) is 12.5 Å². The molecule has 0 amide bonds. The summed E-state index contributed by atoms with van der Waals surface area (Å²) in [6.45, 7) is 3.90. The maximum absolute atomic E-state index is 5.57. The number of rotatable bonds is 4. The van der Waals surface area contributed by atoms with Crippen molar-refractivity contribution in [1.82, 2.24) is 0 Å². The van der Waals surface area contributed by atoms with Gasteiger partial charge in [-0.3, -0.25) is 0 Å². The van der Waals surface area contributed by atoms with Crippen LogP contribution >= 0.6 is 23.2 Å². The van der Waals surface area contributed by atoms with E-state index in [4.69, 9.17) is 27.9 Å². The van der Waals surface area contributed by atoms with Crippen LogP contribution in [0.3, 0.4) is 0 Å². The molecule has 1 atom stereocenters. The van der Waals surface area contributed by atoms with Crippen LogP contribution in [0.15, 0.2) is 0 Å². The first kappa shape index (κ1) is 8.54. The monoisotopic (exact) mass is 155 g/mol. The zero-order valence-electron chi connectivity index (χ0n) is 4.73. The Hall–Kier alpha value is 0.540. The van der Waals surface area contributed by atoms with E-state index >= 15 is 0 Å². The third kappa shape index (κ3) is 4.69. The van der Waals surface area contributed by atoms with Gasteiger partial charge in [0.2, 0.25) is 0 Å². The van der Waals surface area contributed by atoms with E-state index in [9.17, 15) is 0 Å². The summed E-state index contributed by atoms with van der Waals surface area (Å²) in [5.41, 5.74) is 0. The van der Waals surface area contributed by atoms with Gasteiger partial charge in [-0.05, 0) is 6.92 Å². The SMILES string of the molecule is C[CH]OCC(Cl)CCl. The van der Waals surface area contributed by atoms with Crippen molar-refractivity contribution in [3.05, 3.63) is 6.61 Å². The Bertz CT molecular complexity index is 49.7. The van der Waals surface area contributed by atoms with Crippen molar-refractivity contribution >= 4 is 23.2 Å². The molecule has 0 spiro atoms. The number of ether oxygens (including phenoxy) is 1. The molecule has 0 saturated heterocycles. The molecule has 0 bridgehead atoms. The zero-order valence-corrected chi connectivity index (χ0v) is 6.24. The van der Waals surface area contributed by atoms with Gasteiger partial charge in [0, 0.05) is 5.88 Å². The molecule has 0 saturated carbocycles. The fourth-order valence-corrected chi connectivity index (χ4v) is 0.407. The Morgan fingerprint density at radius 2 is 2.38 bits per heavy atom. The lowest BCUT2D eigenvalue weighted by Gasteiger charge is -2.02. The molecule has 1 nitrogen and oxygen atoms in total. The molecule has 8 heavy (non-hydrogen) atoms. The van der Waals surface area contributed by atoms with Crippen LogP contribution in [-0.2, 0) is 4.74 Å². The second-order valence-corrected chi connectivity index (χ2v) is 2.25. The quantitative estimate of drug-likeness (QED) is 0.566. The average molecular weight is 156 g/mol. The van der Waals surface area contributed by atoms with Crippen molar-refractivity contribution < 1.29 is 4.74 Å². The van der Waals surface area contributed by atoms with Crippen LogP contribution < -0.4 is 0 Å². The van der Waals surface area contributed by atoms with Crippen molar-refractivity contribution in [3.63, 3.8) is 0 Å². The first-order valence-electron chi connectivity index (χ1n) is 2.40. The molecule has 0 aromatic carbocycles. The van der Waals surface area contributed by atoms with Gasteiger partial charge in [0.05, 0.1) is 18.6 Å². The van der Waals surface area contributed by atoms with E-state index in [1.165, 1.54) is 0 Å². The largest absolute Gasteiger partial charge is 0.374 e. The second kappa shape index (κ2) is 5.67. The highest BCUT2D eigenvalue weighted by molar-refractivity contribution is 6.28. The van der Waals surface area contributed by atoms with Crippen LogP contribution in [0.1, 0.15) is 6.92 Å². The van der Waals surface area contributed by atoms with Gasteiger partial charge in [0.1, 0.15) is 0 Å². The highest BCUT2D eigenvalue weighted by Crippen LogP contribution is 1.99. The molecule has 1 radical (unpaired) electrons. The Balaban J connectivity index is 2.86.